The van der Waals surface area contributed by atoms with Crippen LogP contribution in [0.3, 0.4) is 0 Å². The fourth-order valence-electron chi connectivity index (χ4n) is 3.62. The first kappa shape index (κ1) is 21.1. The van der Waals surface area contributed by atoms with Gasteiger partial charge in [-0.2, -0.15) is 5.10 Å². The average molecular weight is 411 g/mol. The number of carbonyl (C=O) groups is 1. The van der Waals surface area contributed by atoms with Crippen molar-refractivity contribution in [3.05, 3.63) is 71.4 Å². The summed E-state index contributed by atoms with van der Waals surface area (Å²) in [7, 11) is 0. The van der Waals surface area contributed by atoms with Crippen LogP contribution in [-0.2, 0) is 0 Å². The van der Waals surface area contributed by atoms with Crippen molar-refractivity contribution in [2.45, 2.75) is 32.7 Å². The number of aromatic nitrogens is 2. The molecule has 0 atom stereocenters. The van der Waals surface area contributed by atoms with Gasteiger partial charge in [-0.1, -0.05) is 30.3 Å². The number of hydrogen-bond donors (Lipinski definition) is 1. The predicted molar refractivity (Wildman–Crippen MR) is 119 cm³/mol. The van der Waals surface area contributed by atoms with Crippen LogP contribution in [0.4, 0.5) is 0 Å². The van der Waals surface area contributed by atoms with Gasteiger partial charge in [-0.05, 0) is 56.0 Å². The minimum atomic E-state index is 0. The molecule has 5 nitrogen and oxygen atoms in total. The van der Waals surface area contributed by atoms with Crippen LogP contribution in [0.5, 0.6) is 0 Å². The molecule has 1 aliphatic rings. The molecule has 1 amide bonds. The van der Waals surface area contributed by atoms with Crippen LogP contribution in [-0.4, -0.2) is 39.7 Å². The minimum absolute atomic E-state index is 0. The molecule has 2 N–H and O–H groups in total. The third kappa shape index (κ3) is 4.36. The van der Waals surface area contributed by atoms with E-state index in [9.17, 15) is 4.79 Å². The van der Waals surface area contributed by atoms with E-state index in [0.717, 1.165) is 29.8 Å². The van der Waals surface area contributed by atoms with Gasteiger partial charge in [0, 0.05) is 30.9 Å². The first-order chi connectivity index (χ1) is 13.5. The Labute approximate surface area is 177 Å². The maximum absolute atomic E-state index is 13.3. The molecule has 3 aromatic rings. The zero-order valence-electron chi connectivity index (χ0n) is 16.8. The van der Waals surface area contributed by atoms with E-state index in [1.54, 1.807) is 4.68 Å². The molecule has 2 heterocycles. The predicted octanol–water partition coefficient (Wildman–Crippen LogP) is 4.14. The molecule has 0 saturated carbocycles. The Balaban J connectivity index is 0.00000240. The number of piperidine rings is 1. The highest BCUT2D eigenvalue weighted by atomic mass is 35.5. The lowest BCUT2D eigenvalue weighted by Crippen LogP contribution is -2.42. The van der Waals surface area contributed by atoms with E-state index in [1.165, 1.54) is 11.1 Å². The monoisotopic (exact) mass is 410 g/mol. The van der Waals surface area contributed by atoms with Crippen molar-refractivity contribution in [2.75, 3.05) is 13.1 Å². The molecule has 1 aliphatic heterocycles. The Morgan fingerprint density at radius 3 is 2.38 bits per heavy atom. The molecule has 1 fully saturated rings. The normalized spacial score (nSPS) is 14.5. The molecule has 0 bridgehead atoms. The van der Waals surface area contributed by atoms with Crippen LogP contribution in [0.15, 0.2) is 54.7 Å². The van der Waals surface area contributed by atoms with Gasteiger partial charge in [0.05, 0.1) is 11.3 Å². The minimum Gasteiger partial charge on any atom is -0.338 e. The summed E-state index contributed by atoms with van der Waals surface area (Å²) in [6.45, 7) is 5.57. The van der Waals surface area contributed by atoms with E-state index < -0.39 is 0 Å². The molecular formula is C23H27ClN4O. The van der Waals surface area contributed by atoms with Crippen LogP contribution < -0.4 is 5.73 Å². The number of carbonyl (C=O) groups excluding carboxylic acids is 1. The smallest absolute Gasteiger partial charge is 0.257 e. The van der Waals surface area contributed by atoms with Gasteiger partial charge in [0.15, 0.2) is 0 Å². The van der Waals surface area contributed by atoms with Crippen molar-refractivity contribution in [1.82, 2.24) is 14.7 Å². The van der Waals surface area contributed by atoms with E-state index in [2.05, 4.69) is 26.0 Å². The molecule has 29 heavy (non-hydrogen) atoms. The number of likely N-dealkylation sites (tertiary alicyclic amines) is 1. The van der Waals surface area contributed by atoms with Gasteiger partial charge in [-0.3, -0.25) is 4.79 Å². The summed E-state index contributed by atoms with van der Waals surface area (Å²) in [5.74, 6) is 0.0299. The summed E-state index contributed by atoms with van der Waals surface area (Å²) in [5.41, 5.74) is 11.7. The lowest BCUT2D eigenvalue weighted by atomic mass is 10.0. The molecule has 1 saturated heterocycles. The molecule has 152 valence electrons. The fourth-order valence-corrected chi connectivity index (χ4v) is 3.62. The van der Waals surface area contributed by atoms with Crippen LogP contribution in [0.2, 0.25) is 0 Å². The van der Waals surface area contributed by atoms with Gasteiger partial charge in [0.2, 0.25) is 0 Å². The molecule has 6 heteroatoms. The Morgan fingerprint density at radius 1 is 1.03 bits per heavy atom. The second-order valence-corrected chi connectivity index (χ2v) is 7.60. The number of nitrogens with zero attached hydrogens (tertiary/aromatic N) is 3. The van der Waals surface area contributed by atoms with Crippen LogP contribution in [0.25, 0.3) is 16.9 Å². The summed E-state index contributed by atoms with van der Waals surface area (Å²) >= 11 is 0. The van der Waals surface area contributed by atoms with E-state index in [4.69, 9.17) is 10.8 Å². The first-order valence-electron chi connectivity index (χ1n) is 9.80. The molecule has 4 rings (SSSR count). The third-order valence-corrected chi connectivity index (χ3v) is 5.57. The largest absolute Gasteiger partial charge is 0.338 e. The molecule has 2 aromatic carbocycles. The Kier molecular flexibility index (Phi) is 6.40. The summed E-state index contributed by atoms with van der Waals surface area (Å²) in [4.78, 5) is 15.2. The second kappa shape index (κ2) is 8.80. The quantitative estimate of drug-likeness (QED) is 0.705. The molecule has 1 aromatic heterocycles. The van der Waals surface area contributed by atoms with Crippen molar-refractivity contribution in [3.8, 4) is 16.9 Å². The average Bonchev–Trinajstić information content (AvgIpc) is 3.16. The number of para-hydroxylation sites is 1. The van der Waals surface area contributed by atoms with E-state index >= 15 is 0 Å². The summed E-state index contributed by atoms with van der Waals surface area (Å²) < 4.78 is 1.80. The van der Waals surface area contributed by atoms with Crippen molar-refractivity contribution < 1.29 is 4.79 Å². The lowest BCUT2D eigenvalue weighted by molar-refractivity contribution is 0.0715. The number of rotatable bonds is 3. The number of halogens is 1. The SMILES string of the molecule is Cc1ccc(-c2nn(-c3ccccc3)cc2C(=O)N2CCC(N)CC2)cc1C.Cl. The molecule has 0 unspecified atom stereocenters. The number of nitrogens with two attached hydrogens (primary N) is 1. The van der Waals surface area contributed by atoms with E-state index in [-0.39, 0.29) is 24.4 Å². The van der Waals surface area contributed by atoms with Gasteiger partial charge >= 0.3 is 0 Å². The summed E-state index contributed by atoms with van der Waals surface area (Å²) in [6, 6.07) is 16.3. The van der Waals surface area contributed by atoms with Gasteiger partial charge in [0.25, 0.3) is 5.91 Å². The second-order valence-electron chi connectivity index (χ2n) is 7.60. The fraction of sp³-hybridized carbons (Fsp3) is 0.304. The van der Waals surface area contributed by atoms with Crippen molar-refractivity contribution >= 4 is 18.3 Å². The maximum Gasteiger partial charge on any atom is 0.257 e. The van der Waals surface area contributed by atoms with Gasteiger partial charge < -0.3 is 10.6 Å². The van der Waals surface area contributed by atoms with Crippen molar-refractivity contribution in [2.24, 2.45) is 5.73 Å². The highest BCUT2D eigenvalue weighted by Gasteiger charge is 2.26. The zero-order chi connectivity index (χ0) is 19.7. The molecule has 0 aliphatic carbocycles. The highest BCUT2D eigenvalue weighted by Crippen LogP contribution is 2.27. The highest BCUT2D eigenvalue weighted by molar-refractivity contribution is 6.00. The third-order valence-electron chi connectivity index (χ3n) is 5.57. The Bertz CT molecular complexity index is 991. The van der Waals surface area contributed by atoms with Crippen LogP contribution >= 0.6 is 12.4 Å². The summed E-state index contributed by atoms with van der Waals surface area (Å²) in [5, 5.41) is 4.80. The van der Waals surface area contributed by atoms with Gasteiger partial charge in [-0.25, -0.2) is 4.68 Å². The van der Waals surface area contributed by atoms with Crippen molar-refractivity contribution in [3.63, 3.8) is 0 Å². The molecule has 0 radical (unpaired) electrons. The standard InChI is InChI=1S/C23H26N4O.ClH/c1-16-8-9-18(14-17(16)2)22-21(23(28)26-12-10-19(24)11-13-26)15-27(25-22)20-6-4-3-5-7-20;/h3-9,14-15,19H,10-13,24H2,1-2H3;1H. The number of amides is 1. The summed E-state index contributed by atoms with van der Waals surface area (Å²) in [6.07, 6.45) is 3.55. The Hall–Kier alpha value is -2.63. The number of benzene rings is 2. The van der Waals surface area contributed by atoms with E-state index in [0.29, 0.717) is 18.7 Å². The maximum atomic E-state index is 13.3. The van der Waals surface area contributed by atoms with Gasteiger partial charge in [-0.15, -0.1) is 12.4 Å². The topological polar surface area (TPSA) is 64.2 Å². The molecule has 0 spiro atoms. The van der Waals surface area contributed by atoms with E-state index in [1.807, 2.05) is 47.5 Å². The lowest BCUT2D eigenvalue weighted by Gasteiger charge is -2.30. The Morgan fingerprint density at radius 2 is 1.72 bits per heavy atom. The molecular weight excluding hydrogens is 384 g/mol. The van der Waals surface area contributed by atoms with Crippen LogP contribution in [0.1, 0.15) is 34.3 Å². The zero-order valence-corrected chi connectivity index (χ0v) is 17.7. The first-order valence-corrected chi connectivity index (χ1v) is 9.80. The van der Waals surface area contributed by atoms with Gasteiger partial charge in [0.1, 0.15) is 5.69 Å². The number of aryl methyl sites for hydroxylation is 2. The van der Waals surface area contributed by atoms with Crippen LogP contribution in [0, 0.1) is 13.8 Å². The van der Waals surface area contributed by atoms with Crippen molar-refractivity contribution in [1.29, 1.82) is 0 Å². The number of hydrogen-bond acceptors (Lipinski definition) is 3.